The summed E-state index contributed by atoms with van der Waals surface area (Å²) in [6.07, 6.45) is 4.42. The number of benzene rings is 1. The molecule has 0 aromatic heterocycles. The standard InChI is InChI=1S/C17H20Cl2/c1-8-6-13(18)9(2)5-12(8)17(19)16-14-10-3-4-11(7-10)15(14)16/h5-6,10-11,14-17H,3-4,7H2,1-2H3. The van der Waals surface area contributed by atoms with E-state index in [0.717, 1.165) is 40.2 Å². The van der Waals surface area contributed by atoms with Crippen molar-refractivity contribution < 1.29 is 0 Å². The monoisotopic (exact) mass is 294 g/mol. The summed E-state index contributed by atoms with van der Waals surface area (Å²) in [4.78, 5) is 0. The van der Waals surface area contributed by atoms with Gasteiger partial charge < -0.3 is 0 Å². The molecule has 0 heterocycles. The Morgan fingerprint density at radius 2 is 1.68 bits per heavy atom. The highest BCUT2D eigenvalue weighted by atomic mass is 35.5. The minimum atomic E-state index is 0.203. The van der Waals surface area contributed by atoms with E-state index in [-0.39, 0.29) is 5.38 Å². The maximum Gasteiger partial charge on any atom is 0.0621 e. The van der Waals surface area contributed by atoms with E-state index in [9.17, 15) is 0 Å². The molecule has 5 unspecified atom stereocenters. The summed E-state index contributed by atoms with van der Waals surface area (Å²) >= 11 is 13.0. The molecule has 3 aliphatic rings. The number of rotatable bonds is 2. The van der Waals surface area contributed by atoms with Gasteiger partial charge in [0.05, 0.1) is 5.38 Å². The van der Waals surface area contributed by atoms with E-state index >= 15 is 0 Å². The van der Waals surface area contributed by atoms with Crippen LogP contribution in [0.1, 0.15) is 41.3 Å². The Morgan fingerprint density at radius 1 is 1.05 bits per heavy atom. The molecule has 5 atom stereocenters. The second-order valence-corrected chi connectivity index (χ2v) is 7.80. The lowest BCUT2D eigenvalue weighted by molar-refractivity contribution is 0.454. The fourth-order valence-electron chi connectivity index (χ4n) is 5.09. The normalized spacial score (nSPS) is 40.3. The van der Waals surface area contributed by atoms with Gasteiger partial charge in [0.1, 0.15) is 0 Å². The van der Waals surface area contributed by atoms with Gasteiger partial charge in [-0.25, -0.2) is 0 Å². The molecule has 0 radical (unpaired) electrons. The van der Waals surface area contributed by atoms with Gasteiger partial charge in [-0.1, -0.05) is 17.7 Å². The number of hydrogen-bond donors (Lipinski definition) is 0. The van der Waals surface area contributed by atoms with Gasteiger partial charge in [-0.2, -0.15) is 0 Å². The molecule has 1 aromatic carbocycles. The van der Waals surface area contributed by atoms with Gasteiger partial charge >= 0.3 is 0 Å². The quantitative estimate of drug-likeness (QED) is 0.629. The molecule has 0 aliphatic heterocycles. The van der Waals surface area contributed by atoms with Crippen molar-refractivity contribution in [2.24, 2.45) is 29.6 Å². The first-order valence-corrected chi connectivity index (χ1v) is 8.30. The van der Waals surface area contributed by atoms with E-state index in [1.807, 2.05) is 0 Å². The van der Waals surface area contributed by atoms with E-state index < -0.39 is 0 Å². The van der Waals surface area contributed by atoms with Crippen molar-refractivity contribution in [1.29, 1.82) is 0 Å². The number of hydrogen-bond acceptors (Lipinski definition) is 0. The van der Waals surface area contributed by atoms with Gasteiger partial charge in [0.2, 0.25) is 0 Å². The molecule has 0 saturated heterocycles. The average molecular weight is 295 g/mol. The van der Waals surface area contributed by atoms with Gasteiger partial charge in [-0.3, -0.25) is 0 Å². The van der Waals surface area contributed by atoms with Crippen molar-refractivity contribution in [3.63, 3.8) is 0 Å². The first-order chi connectivity index (χ1) is 9.08. The molecule has 0 nitrogen and oxygen atoms in total. The minimum Gasteiger partial charge on any atom is -0.117 e. The maximum absolute atomic E-state index is 6.85. The first kappa shape index (κ1) is 12.5. The summed E-state index contributed by atoms with van der Waals surface area (Å²) in [5, 5.41) is 1.07. The SMILES string of the molecule is Cc1cc(C(Cl)C2C3C4CCC(C4)C32)c(C)cc1Cl. The van der Waals surface area contributed by atoms with Crippen LogP contribution in [0.15, 0.2) is 12.1 Å². The molecule has 3 aliphatic carbocycles. The summed E-state index contributed by atoms with van der Waals surface area (Å²) in [7, 11) is 0. The smallest absolute Gasteiger partial charge is 0.0621 e. The van der Waals surface area contributed by atoms with Crippen LogP contribution in [-0.4, -0.2) is 0 Å². The summed E-state index contributed by atoms with van der Waals surface area (Å²) in [6.45, 7) is 4.22. The molecule has 0 spiro atoms. The third kappa shape index (κ3) is 1.72. The maximum atomic E-state index is 6.85. The zero-order valence-electron chi connectivity index (χ0n) is 11.5. The zero-order chi connectivity index (χ0) is 13.3. The molecule has 0 N–H and O–H groups in total. The number of alkyl halides is 1. The highest BCUT2D eigenvalue weighted by molar-refractivity contribution is 6.31. The van der Waals surface area contributed by atoms with Crippen LogP contribution in [0.3, 0.4) is 0 Å². The molecule has 19 heavy (non-hydrogen) atoms. The van der Waals surface area contributed by atoms with E-state index in [4.69, 9.17) is 23.2 Å². The largest absolute Gasteiger partial charge is 0.117 e. The minimum absolute atomic E-state index is 0.203. The zero-order valence-corrected chi connectivity index (χ0v) is 13.0. The molecular formula is C17H20Cl2. The van der Waals surface area contributed by atoms with Crippen LogP contribution in [0.5, 0.6) is 0 Å². The van der Waals surface area contributed by atoms with Gasteiger partial charge in [0.15, 0.2) is 0 Å². The molecule has 3 saturated carbocycles. The Kier molecular flexibility index (Phi) is 2.74. The summed E-state index contributed by atoms with van der Waals surface area (Å²) < 4.78 is 0. The second-order valence-electron chi connectivity index (χ2n) is 6.93. The van der Waals surface area contributed by atoms with Crippen LogP contribution in [0.25, 0.3) is 0 Å². The lowest BCUT2D eigenvalue weighted by Gasteiger charge is -2.18. The third-order valence-corrected chi connectivity index (χ3v) is 6.91. The van der Waals surface area contributed by atoms with Crippen molar-refractivity contribution >= 4 is 23.2 Å². The van der Waals surface area contributed by atoms with Crippen LogP contribution in [0.2, 0.25) is 5.02 Å². The van der Waals surface area contributed by atoms with Crippen LogP contribution in [0.4, 0.5) is 0 Å². The molecule has 3 fully saturated rings. The molecular weight excluding hydrogens is 275 g/mol. The Morgan fingerprint density at radius 3 is 2.32 bits per heavy atom. The van der Waals surface area contributed by atoms with Crippen molar-refractivity contribution in [3.05, 3.63) is 33.8 Å². The van der Waals surface area contributed by atoms with E-state index in [1.165, 1.54) is 30.4 Å². The fourth-order valence-corrected chi connectivity index (χ4v) is 5.88. The first-order valence-electron chi connectivity index (χ1n) is 7.48. The Bertz CT molecular complexity index is 520. The van der Waals surface area contributed by atoms with Crippen molar-refractivity contribution in [3.8, 4) is 0 Å². The lowest BCUT2D eigenvalue weighted by atomic mass is 9.94. The number of aryl methyl sites for hydroxylation is 2. The van der Waals surface area contributed by atoms with Crippen LogP contribution in [0, 0.1) is 43.4 Å². The van der Waals surface area contributed by atoms with Crippen molar-refractivity contribution in [2.75, 3.05) is 0 Å². The topological polar surface area (TPSA) is 0 Å². The predicted octanol–water partition coefficient (Wildman–Crippen LogP) is 5.53. The van der Waals surface area contributed by atoms with E-state index in [0.29, 0.717) is 0 Å². The molecule has 1 aromatic rings. The van der Waals surface area contributed by atoms with E-state index in [2.05, 4.69) is 26.0 Å². The molecule has 2 heteroatoms. The number of halogens is 2. The summed E-state index contributed by atoms with van der Waals surface area (Å²) in [5.74, 6) is 4.62. The van der Waals surface area contributed by atoms with Gasteiger partial charge in [0, 0.05) is 5.02 Å². The van der Waals surface area contributed by atoms with Gasteiger partial charge in [-0.05, 0) is 85.5 Å². The fraction of sp³-hybridized carbons (Fsp3) is 0.647. The summed E-state index contributed by atoms with van der Waals surface area (Å²) in [5.41, 5.74) is 3.73. The van der Waals surface area contributed by atoms with Crippen LogP contribution in [-0.2, 0) is 0 Å². The van der Waals surface area contributed by atoms with Gasteiger partial charge in [-0.15, -0.1) is 11.6 Å². The number of fused-ring (bicyclic) bond motifs is 5. The Hall–Kier alpha value is -0.200. The highest BCUT2D eigenvalue weighted by Crippen LogP contribution is 2.73. The van der Waals surface area contributed by atoms with E-state index in [1.54, 1.807) is 0 Å². The molecule has 4 rings (SSSR count). The highest BCUT2D eigenvalue weighted by Gasteiger charge is 2.66. The molecule has 102 valence electrons. The van der Waals surface area contributed by atoms with Crippen LogP contribution < -0.4 is 0 Å². The average Bonchev–Trinajstić information content (AvgIpc) is 2.81. The van der Waals surface area contributed by atoms with Crippen molar-refractivity contribution in [1.82, 2.24) is 0 Å². The molecule has 2 bridgehead atoms. The predicted molar refractivity (Wildman–Crippen MR) is 80.8 cm³/mol. The van der Waals surface area contributed by atoms with Crippen molar-refractivity contribution in [2.45, 2.75) is 38.5 Å². The Balaban J connectivity index is 1.62. The van der Waals surface area contributed by atoms with Crippen LogP contribution >= 0.6 is 23.2 Å². The Labute approximate surface area is 125 Å². The molecule has 0 amide bonds. The second kappa shape index (κ2) is 4.15. The van der Waals surface area contributed by atoms with Gasteiger partial charge in [0.25, 0.3) is 0 Å². The lowest BCUT2D eigenvalue weighted by Crippen LogP contribution is -2.06. The summed E-state index contributed by atoms with van der Waals surface area (Å²) in [6, 6.07) is 4.29. The third-order valence-electron chi connectivity index (χ3n) is 5.98.